The lowest BCUT2D eigenvalue weighted by molar-refractivity contribution is 0.0919. The minimum atomic E-state index is -0.489. The highest BCUT2D eigenvalue weighted by atomic mass is 19.1. The molecule has 0 atom stereocenters. The Morgan fingerprint density at radius 1 is 1.10 bits per heavy atom. The largest absolute Gasteiger partial charge is 0.482 e. The number of benzene rings is 2. The van der Waals surface area contributed by atoms with Crippen LogP contribution in [0.3, 0.4) is 0 Å². The fraction of sp³-hybridized carbons (Fsp3) is 0.0625. The Kier molecular flexibility index (Phi) is 3.21. The molecule has 0 N–H and O–H groups in total. The first-order valence-corrected chi connectivity index (χ1v) is 6.12. The number of hydrogen-bond acceptors (Lipinski definition) is 3. The standard InChI is InChI=1S/C16H11FO3/c17-13-6-2-4-8-16(13)20-10-14(18)12-9-19-15-7-3-1-5-11(12)15/h1-9H,10H2. The highest BCUT2D eigenvalue weighted by Gasteiger charge is 2.14. The average Bonchev–Trinajstić information content (AvgIpc) is 2.90. The van der Waals surface area contributed by atoms with Crippen LogP contribution in [0.5, 0.6) is 5.75 Å². The van der Waals surface area contributed by atoms with Gasteiger partial charge in [0.1, 0.15) is 11.8 Å². The fourth-order valence-corrected chi connectivity index (χ4v) is 1.98. The number of halogens is 1. The van der Waals surface area contributed by atoms with Gasteiger partial charge in [0, 0.05) is 5.39 Å². The third kappa shape index (κ3) is 2.28. The zero-order valence-electron chi connectivity index (χ0n) is 10.5. The van der Waals surface area contributed by atoms with Gasteiger partial charge in [-0.1, -0.05) is 30.3 Å². The molecule has 0 saturated heterocycles. The van der Waals surface area contributed by atoms with Gasteiger partial charge in [-0.25, -0.2) is 4.39 Å². The van der Waals surface area contributed by atoms with Crippen molar-refractivity contribution in [3.05, 3.63) is 66.2 Å². The number of ketones is 1. The van der Waals surface area contributed by atoms with Crippen LogP contribution >= 0.6 is 0 Å². The first-order valence-electron chi connectivity index (χ1n) is 6.12. The second-order valence-corrected chi connectivity index (χ2v) is 4.29. The first kappa shape index (κ1) is 12.4. The van der Waals surface area contributed by atoms with Gasteiger partial charge in [-0.15, -0.1) is 0 Å². The molecular formula is C16H11FO3. The predicted molar refractivity (Wildman–Crippen MR) is 72.4 cm³/mol. The third-order valence-corrected chi connectivity index (χ3v) is 2.98. The number of para-hydroxylation sites is 2. The van der Waals surface area contributed by atoms with Crippen molar-refractivity contribution in [1.29, 1.82) is 0 Å². The highest BCUT2D eigenvalue weighted by molar-refractivity contribution is 6.07. The Bertz CT molecular complexity index is 761. The van der Waals surface area contributed by atoms with E-state index in [0.717, 1.165) is 5.39 Å². The van der Waals surface area contributed by atoms with Crippen molar-refractivity contribution in [2.45, 2.75) is 0 Å². The average molecular weight is 270 g/mol. The SMILES string of the molecule is O=C(COc1ccccc1F)c1coc2ccccc12. The summed E-state index contributed by atoms with van der Waals surface area (Å²) >= 11 is 0. The van der Waals surface area contributed by atoms with Gasteiger partial charge in [0.25, 0.3) is 0 Å². The van der Waals surface area contributed by atoms with E-state index in [1.54, 1.807) is 24.3 Å². The summed E-state index contributed by atoms with van der Waals surface area (Å²) in [6, 6.07) is 13.2. The lowest BCUT2D eigenvalue weighted by Gasteiger charge is -2.05. The van der Waals surface area contributed by atoms with Crippen LogP contribution < -0.4 is 4.74 Å². The van der Waals surface area contributed by atoms with Crippen LogP contribution in [0.2, 0.25) is 0 Å². The molecule has 0 radical (unpaired) electrons. The maximum atomic E-state index is 13.4. The monoisotopic (exact) mass is 270 g/mol. The molecule has 3 rings (SSSR count). The number of ether oxygens (including phenoxy) is 1. The van der Waals surface area contributed by atoms with E-state index in [4.69, 9.17) is 9.15 Å². The van der Waals surface area contributed by atoms with E-state index < -0.39 is 5.82 Å². The molecule has 0 unspecified atom stereocenters. The Labute approximate surface area is 114 Å². The van der Waals surface area contributed by atoms with E-state index in [1.807, 2.05) is 12.1 Å². The Balaban J connectivity index is 1.79. The quantitative estimate of drug-likeness (QED) is 0.676. The molecule has 0 aliphatic rings. The van der Waals surface area contributed by atoms with Crippen LogP contribution in [0.4, 0.5) is 4.39 Å². The van der Waals surface area contributed by atoms with Crippen LogP contribution in [0.15, 0.2) is 59.2 Å². The van der Waals surface area contributed by atoms with Gasteiger partial charge in [0.2, 0.25) is 5.78 Å². The lowest BCUT2D eigenvalue weighted by Crippen LogP contribution is -2.11. The molecule has 0 amide bonds. The summed E-state index contributed by atoms with van der Waals surface area (Å²) in [5.41, 5.74) is 1.08. The number of rotatable bonds is 4. The second kappa shape index (κ2) is 5.17. The summed E-state index contributed by atoms with van der Waals surface area (Å²) < 4.78 is 23.9. The van der Waals surface area contributed by atoms with Crippen LogP contribution in [-0.4, -0.2) is 12.4 Å². The normalized spacial score (nSPS) is 10.7. The predicted octanol–water partition coefficient (Wildman–Crippen LogP) is 3.83. The topological polar surface area (TPSA) is 39.4 Å². The summed E-state index contributed by atoms with van der Waals surface area (Å²) in [7, 11) is 0. The molecule has 1 aromatic heterocycles. The summed E-state index contributed by atoms with van der Waals surface area (Å²) in [5.74, 6) is -0.677. The minimum Gasteiger partial charge on any atom is -0.482 e. The molecule has 3 nitrogen and oxygen atoms in total. The summed E-state index contributed by atoms with van der Waals surface area (Å²) in [6.45, 7) is -0.232. The van der Waals surface area contributed by atoms with Crippen molar-refractivity contribution in [3.63, 3.8) is 0 Å². The maximum Gasteiger partial charge on any atom is 0.204 e. The summed E-state index contributed by atoms with van der Waals surface area (Å²) in [4.78, 5) is 12.1. The zero-order chi connectivity index (χ0) is 13.9. The van der Waals surface area contributed by atoms with Crippen LogP contribution in [0.1, 0.15) is 10.4 Å². The van der Waals surface area contributed by atoms with Crippen molar-refractivity contribution in [1.82, 2.24) is 0 Å². The summed E-state index contributed by atoms with van der Waals surface area (Å²) in [6.07, 6.45) is 1.40. The molecular weight excluding hydrogens is 259 g/mol. The van der Waals surface area contributed by atoms with E-state index in [-0.39, 0.29) is 18.1 Å². The second-order valence-electron chi connectivity index (χ2n) is 4.29. The third-order valence-electron chi connectivity index (χ3n) is 2.98. The zero-order valence-corrected chi connectivity index (χ0v) is 10.5. The molecule has 20 heavy (non-hydrogen) atoms. The Morgan fingerprint density at radius 3 is 2.70 bits per heavy atom. The van der Waals surface area contributed by atoms with Gasteiger partial charge in [0.05, 0.1) is 5.56 Å². The Hall–Kier alpha value is -2.62. The molecule has 3 aromatic rings. The van der Waals surface area contributed by atoms with Crippen LogP contribution in [-0.2, 0) is 0 Å². The number of Topliss-reactive ketones (excluding diaryl/α,β-unsaturated/α-hetero) is 1. The fourth-order valence-electron chi connectivity index (χ4n) is 1.98. The van der Waals surface area contributed by atoms with Crippen LogP contribution in [0.25, 0.3) is 11.0 Å². The van der Waals surface area contributed by atoms with Gasteiger partial charge < -0.3 is 9.15 Å². The van der Waals surface area contributed by atoms with E-state index in [9.17, 15) is 9.18 Å². The van der Waals surface area contributed by atoms with Gasteiger partial charge >= 0.3 is 0 Å². The molecule has 0 aliphatic carbocycles. The minimum absolute atomic E-state index is 0.0636. The molecule has 4 heteroatoms. The Morgan fingerprint density at radius 2 is 1.85 bits per heavy atom. The number of carbonyl (C=O) groups is 1. The van der Waals surface area contributed by atoms with Crippen molar-refractivity contribution >= 4 is 16.8 Å². The van der Waals surface area contributed by atoms with E-state index in [1.165, 1.54) is 18.4 Å². The molecule has 0 bridgehead atoms. The number of furan rings is 1. The first-order chi connectivity index (χ1) is 9.75. The summed E-state index contributed by atoms with van der Waals surface area (Å²) in [5, 5.41) is 0.731. The van der Waals surface area contributed by atoms with Crippen molar-refractivity contribution in [2.24, 2.45) is 0 Å². The highest BCUT2D eigenvalue weighted by Crippen LogP contribution is 2.22. The van der Waals surface area contributed by atoms with E-state index >= 15 is 0 Å². The van der Waals surface area contributed by atoms with Gasteiger partial charge in [-0.2, -0.15) is 0 Å². The molecule has 0 fully saturated rings. The van der Waals surface area contributed by atoms with Gasteiger partial charge in [0.15, 0.2) is 18.2 Å². The molecule has 100 valence electrons. The van der Waals surface area contributed by atoms with Crippen molar-refractivity contribution in [2.75, 3.05) is 6.61 Å². The number of carbonyl (C=O) groups excluding carboxylic acids is 1. The molecule has 0 saturated carbocycles. The van der Waals surface area contributed by atoms with Gasteiger partial charge in [-0.05, 0) is 18.2 Å². The van der Waals surface area contributed by atoms with E-state index in [2.05, 4.69) is 0 Å². The molecule has 1 heterocycles. The molecule has 0 aliphatic heterocycles. The van der Waals surface area contributed by atoms with E-state index in [0.29, 0.717) is 11.1 Å². The maximum absolute atomic E-state index is 13.4. The molecule has 2 aromatic carbocycles. The van der Waals surface area contributed by atoms with Crippen molar-refractivity contribution in [3.8, 4) is 5.75 Å². The van der Waals surface area contributed by atoms with Gasteiger partial charge in [-0.3, -0.25) is 4.79 Å². The van der Waals surface area contributed by atoms with Crippen LogP contribution in [0, 0.1) is 5.82 Å². The lowest BCUT2D eigenvalue weighted by atomic mass is 10.1. The number of hydrogen-bond donors (Lipinski definition) is 0. The van der Waals surface area contributed by atoms with Crippen molar-refractivity contribution < 1.29 is 18.3 Å². The molecule has 0 spiro atoms. The smallest absolute Gasteiger partial charge is 0.204 e. The number of fused-ring (bicyclic) bond motifs is 1.